The zero-order valence-electron chi connectivity index (χ0n) is 18.1. The van der Waals surface area contributed by atoms with E-state index in [4.69, 9.17) is 9.47 Å². The van der Waals surface area contributed by atoms with Crippen molar-refractivity contribution in [3.63, 3.8) is 0 Å². The fraction of sp³-hybridized carbons (Fsp3) is 0.435. The van der Waals surface area contributed by atoms with E-state index in [1.807, 2.05) is 37.3 Å². The second-order valence-corrected chi connectivity index (χ2v) is 7.68. The fourth-order valence-corrected chi connectivity index (χ4v) is 3.97. The van der Waals surface area contributed by atoms with Gasteiger partial charge in [-0.15, -0.1) is 0 Å². The number of fused-ring (bicyclic) bond motifs is 1. The SMILES string of the molecule is COCc1c(C(=O)NCCCN2CCOCC2)cnc2c(-c3ccccc3)c(C)nn12. The summed E-state index contributed by atoms with van der Waals surface area (Å²) in [6.45, 7) is 7.26. The number of amides is 1. The van der Waals surface area contributed by atoms with Crippen LogP contribution in [0.5, 0.6) is 0 Å². The van der Waals surface area contributed by atoms with Gasteiger partial charge in [0.05, 0.1) is 36.8 Å². The summed E-state index contributed by atoms with van der Waals surface area (Å²) in [5, 5.41) is 7.71. The van der Waals surface area contributed by atoms with E-state index in [9.17, 15) is 4.79 Å². The Morgan fingerprint density at radius 3 is 2.74 bits per heavy atom. The summed E-state index contributed by atoms with van der Waals surface area (Å²) in [6, 6.07) is 10.0. The molecule has 1 aliphatic heterocycles. The monoisotopic (exact) mass is 423 g/mol. The van der Waals surface area contributed by atoms with Gasteiger partial charge in [0.15, 0.2) is 5.65 Å². The Kier molecular flexibility index (Phi) is 6.91. The number of aryl methyl sites for hydroxylation is 1. The molecule has 1 aromatic carbocycles. The molecule has 8 heteroatoms. The number of methoxy groups -OCH3 is 1. The molecule has 0 atom stereocenters. The van der Waals surface area contributed by atoms with Crippen LogP contribution in [0.4, 0.5) is 0 Å². The molecule has 0 bridgehead atoms. The van der Waals surface area contributed by atoms with Crippen molar-refractivity contribution in [2.75, 3.05) is 46.5 Å². The Morgan fingerprint density at radius 2 is 2.00 bits per heavy atom. The Balaban J connectivity index is 1.53. The number of hydrogen-bond donors (Lipinski definition) is 1. The molecule has 0 spiro atoms. The lowest BCUT2D eigenvalue weighted by molar-refractivity contribution is 0.0374. The van der Waals surface area contributed by atoms with E-state index in [2.05, 4.69) is 20.3 Å². The largest absolute Gasteiger partial charge is 0.379 e. The predicted octanol–water partition coefficient (Wildman–Crippen LogP) is 2.30. The Labute approximate surface area is 182 Å². The molecule has 3 aromatic rings. The van der Waals surface area contributed by atoms with Gasteiger partial charge in [0.2, 0.25) is 0 Å². The van der Waals surface area contributed by atoms with Crippen LogP contribution in [-0.2, 0) is 16.1 Å². The molecule has 1 amide bonds. The summed E-state index contributed by atoms with van der Waals surface area (Å²) in [7, 11) is 1.62. The number of hydrogen-bond acceptors (Lipinski definition) is 6. The van der Waals surface area contributed by atoms with Gasteiger partial charge in [0, 0.05) is 38.5 Å². The first-order valence-corrected chi connectivity index (χ1v) is 10.7. The standard InChI is InChI=1S/C23H29N5O3/c1-17-21(18-7-4-3-5-8-18)22-25-15-19(20(16-30-2)28(22)26-17)23(29)24-9-6-10-27-11-13-31-14-12-27/h3-5,7-8,15H,6,9-14,16H2,1-2H3,(H,24,29). The zero-order chi connectivity index (χ0) is 21.6. The van der Waals surface area contributed by atoms with E-state index >= 15 is 0 Å². The van der Waals surface area contributed by atoms with E-state index in [0.717, 1.165) is 61.7 Å². The second kappa shape index (κ2) is 10.00. The third kappa shape index (κ3) is 4.76. The molecule has 8 nitrogen and oxygen atoms in total. The quantitative estimate of drug-likeness (QED) is 0.560. The molecule has 0 aliphatic carbocycles. The summed E-state index contributed by atoms with van der Waals surface area (Å²) >= 11 is 0. The Morgan fingerprint density at radius 1 is 1.23 bits per heavy atom. The van der Waals surface area contributed by atoms with Crippen LogP contribution in [-0.4, -0.2) is 71.9 Å². The topological polar surface area (TPSA) is 81.0 Å². The summed E-state index contributed by atoms with van der Waals surface area (Å²) in [6.07, 6.45) is 2.52. The first kappa shape index (κ1) is 21.4. The van der Waals surface area contributed by atoms with Gasteiger partial charge in [0.1, 0.15) is 0 Å². The van der Waals surface area contributed by atoms with Crippen LogP contribution in [0.25, 0.3) is 16.8 Å². The number of aromatic nitrogens is 3. The van der Waals surface area contributed by atoms with E-state index < -0.39 is 0 Å². The maximum absolute atomic E-state index is 12.9. The molecule has 2 aromatic heterocycles. The minimum atomic E-state index is -0.155. The van der Waals surface area contributed by atoms with Gasteiger partial charge in [-0.1, -0.05) is 30.3 Å². The van der Waals surface area contributed by atoms with Gasteiger partial charge in [-0.2, -0.15) is 5.10 Å². The highest BCUT2D eigenvalue weighted by molar-refractivity contribution is 5.95. The van der Waals surface area contributed by atoms with Gasteiger partial charge in [-0.3, -0.25) is 9.69 Å². The Hall–Kier alpha value is -2.81. The van der Waals surface area contributed by atoms with Crippen LogP contribution in [0.1, 0.15) is 28.2 Å². The van der Waals surface area contributed by atoms with E-state index in [-0.39, 0.29) is 12.5 Å². The number of carbonyl (C=O) groups is 1. The molecule has 0 radical (unpaired) electrons. The number of rotatable bonds is 8. The molecule has 1 saturated heterocycles. The third-order valence-electron chi connectivity index (χ3n) is 5.55. The van der Waals surface area contributed by atoms with Crippen LogP contribution in [0, 0.1) is 6.92 Å². The predicted molar refractivity (Wildman–Crippen MR) is 118 cm³/mol. The van der Waals surface area contributed by atoms with Crippen LogP contribution >= 0.6 is 0 Å². The first-order chi connectivity index (χ1) is 15.2. The second-order valence-electron chi connectivity index (χ2n) is 7.68. The van der Waals surface area contributed by atoms with E-state index in [1.54, 1.807) is 17.8 Å². The molecule has 4 rings (SSSR count). The number of nitrogens with zero attached hydrogens (tertiary/aromatic N) is 4. The molecular weight excluding hydrogens is 394 g/mol. The molecule has 0 unspecified atom stereocenters. The number of ether oxygens (including phenoxy) is 2. The van der Waals surface area contributed by atoms with Crippen molar-refractivity contribution in [1.82, 2.24) is 24.8 Å². The minimum Gasteiger partial charge on any atom is -0.379 e. The van der Waals surface area contributed by atoms with Gasteiger partial charge < -0.3 is 14.8 Å². The maximum atomic E-state index is 12.9. The molecule has 0 saturated carbocycles. The molecule has 164 valence electrons. The maximum Gasteiger partial charge on any atom is 0.254 e. The van der Waals surface area contributed by atoms with Crippen LogP contribution in [0.15, 0.2) is 36.5 Å². The van der Waals surface area contributed by atoms with Crippen LogP contribution < -0.4 is 5.32 Å². The number of nitrogens with one attached hydrogen (secondary N) is 1. The summed E-state index contributed by atoms with van der Waals surface area (Å²) in [5.41, 5.74) is 4.78. The highest BCUT2D eigenvalue weighted by Crippen LogP contribution is 2.28. The van der Waals surface area contributed by atoms with Crippen molar-refractivity contribution >= 4 is 11.6 Å². The Bertz CT molecular complexity index is 1030. The van der Waals surface area contributed by atoms with Crippen molar-refractivity contribution < 1.29 is 14.3 Å². The third-order valence-corrected chi connectivity index (χ3v) is 5.55. The average Bonchev–Trinajstić information content (AvgIpc) is 3.14. The lowest BCUT2D eigenvalue weighted by Gasteiger charge is -2.26. The van der Waals surface area contributed by atoms with Gasteiger partial charge >= 0.3 is 0 Å². The number of carbonyl (C=O) groups excluding carboxylic acids is 1. The average molecular weight is 424 g/mol. The van der Waals surface area contributed by atoms with Crippen molar-refractivity contribution in [1.29, 1.82) is 0 Å². The van der Waals surface area contributed by atoms with Gasteiger partial charge in [-0.25, -0.2) is 9.50 Å². The van der Waals surface area contributed by atoms with Crippen LogP contribution in [0.3, 0.4) is 0 Å². The van der Waals surface area contributed by atoms with Gasteiger partial charge in [0.25, 0.3) is 5.91 Å². The summed E-state index contributed by atoms with van der Waals surface area (Å²) in [5.74, 6) is -0.155. The lowest BCUT2D eigenvalue weighted by Crippen LogP contribution is -2.38. The van der Waals surface area contributed by atoms with Crippen molar-refractivity contribution in [3.8, 4) is 11.1 Å². The molecular formula is C23H29N5O3. The number of morpholine rings is 1. The fourth-order valence-electron chi connectivity index (χ4n) is 3.97. The summed E-state index contributed by atoms with van der Waals surface area (Å²) in [4.78, 5) is 19.9. The molecule has 3 heterocycles. The molecule has 1 fully saturated rings. The first-order valence-electron chi connectivity index (χ1n) is 10.7. The van der Waals surface area contributed by atoms with E-state index in [1.165, 1.54) is 0 Å². The smallest absolute Gasteiger partial charge is 0.254 e. The van der Waals surface area contributed by atoms with Crippen molar-refractivity contribution in [3.05, 3.63) is 53.5 Å². The molecule has 31 heavy (non-hydrogen) atoms. The molecule has 1 N–H and O–H groups in total. The zero-order valence-corrected chi connectivity index (χ0v) is 18.1. The number of benzene rings is 1. The normalized spacial score (nSPS) is 14.8. The minimum absolute atomic E-state index is 0.155. The van der Waals surface area contributed by atoms with Crippen LogP contribution in [0.2, 0.25) is 0 Å². The lowest BCUT2D eigenvalue weighted by atomic mass is 10.1. The molecule has 1 aliphatic rings. The van der Waals surface area contributed by atoms with Crippen molar-refractivity contribution in [2.45, 2.75) is 20.0 Å². The highest BCUT2D eigenvalue weighted by Gasteiger charge is 2.21. The van der Waals surface area contributed by atoms with Gasteiger partial charge in [-0.05, 0) is 25.5 Å². The van der Waals surface area contributed by atoms with Crippen molar-refractivity contribution in [2.24, 2.45) is 0 Å². The summed E-state index contributed by atoms with van der Waals surface area (Å²) < 4.78 is 12.5. The van der Waals surface area contributed by atoms with E-state index in [0.29, 0.717) is 17.8 Å². The highest BCUT2D eigenvalue weighted by atomic mass is 16.5.